The summed E-state index contributed by atoms with van der Waals surface area (Å²) >= 11 is 0. The number of hydrogen-bond donors (Lipinski definition) is 0. The van der Waals surface area contributed by atoms with E-state index in [1.54, 1.807) is 0 Å². The second-order valence-corrected chi connectivity index (χ2v) is 4.76. The van der Waals surface area contributed by atoms with Crippen LogP contribution in [0.4, 0.5) is 0 Å². The van der Waals surface area contributed by atoms with Crippen molar-refractivity contribution in [3.8, 4) is 0 Å². The summed E-state index contributed by atoms with van der Waals surface area (Å²) in [5.41, 5.74) is -0.315. The second kappa shape index (κ2) is 3.11. The van der Waals surface area contributed by atoms with Crippen molar-refractivity contribution in [3.05, 3.63) is 0 Å². The SMILES string of the molecule is CCC1(CC)OC1CP(=O)([O-])[O-]. The molecule has 5 heteroatoms. The van der Waals surface area contributed by atoms with Gasteiger partial charge in [-0.2, -0.15) is 0 Å². The summed E-state index contributed by atoms with van der Waals surface area (Å²) in [6.45, 7) is 3.87. The van der Waals surface area contributed by atoms with Crippen molar-refractivity contribution in [1.82, 2.24) is 0 Å². The summed E-state index contributed by atoms with van der Waals surface area (Å²) in [7, 11) is -4.39. The second-order valence-electron chi connectivity index (χ2n) is 3.17. The molecule has 0 amide bonds. The van der Waals surface area contributed by atoms with E-state index in [1.165, 1.54) is 0 Å². The van der Waals surface area contributed by atoms with Gasteiger partial charge in [-0.05, 0) is 12.8 Å². The topological polar surface area (TPSA) is 75.7 Å². The van der Waals surface area contributed by atoms with E-state index < -0.39 is 7.60 Å². The summed E-state index contributed by atoms with van der Waals surface area (Å²) in [6.07, 6.45) is 0.838. The minimum absolute atomic E-state index is 0.315. The molecule has 1 saturated heterocycles. The summed E-state index contributed by atoms with van der Waals surface area (Å²) in [6, 6.07) is 0. The average molecular weight is 192 g/mol. The quantitative estimate of drug-likeness (QED) is 0.458. The standard InChI is InChI=1S/C7H15O4P/c1-3-7(4-2)6(11-7)5-12(8,9)10/h6H,3-5H2,1-2H3,(H2,8,9,10)/p-2. The smallest absolute Gasteiger partial charge is 0.0947 e. The first kappa shape index (κ1) is 10.2. The number of hydrogen-bond acceptors (Lipinski definition) is 4. The van der Waals surface area contributed by atoms with E-state index in [0.29, 0.717) is 0 Å². The van der Waals surface area contributed by atoms with E-state index >= 15 is 0 Å². The van der Waals surface area contributed by atoms with E-state index in [2.05, 4.69) is 0 Å². The van der Waals surface area contributed by atoms with Crippen LogP contribution in [-0.4, -0.2) is 17.9 Å². The highest BCUT2D eigenvalue weighted by Gasteiger charge is 2.52. The normalized spacial score (nSPS) is 27.2. The highest BCUT2D eigenvalue weighted by Crippen LogP contribution is 2.47. The monoisotopic (exact) mass is 192 g/mol. The molecule has 0 saturated carbocycles. The van der Waals surface area contributed by atoms with Gasteiger partial charge in [-0.3, -0.25) is 0 Å². The van der Waals surface area contributed by atoms with E-state index in [0.717, 1.165) is 12.8 Å². The third kappa shape index (κ3) is 2.07. The van der Waals surface area contributed by atoms with Crippen LogP contribution in [0, 0.1) is 0 Å². The lowest BCUT2D eigenvalue weighted by Gasteiger charge is -2.28. The molecule has 1 atom stereocenters. The molecule has 1 aliphatic rings. The van der Waals surface area contributed by atoms with Crippen LogP contribution >= 0.6 is 7.60 Å². The number of epoxide rings is 1. The van der Waals surface area contributed by atoms with Gasteiger partial charge in [0, 0.05) is 6.16 Å². The van der Waals surface area contributed by atoms with E-state index in [-0.39, 0.29) is 17.9 Å². The molecule has 0 aromatic carbocycles. The van der Waals surface area contributed by atoms with Crippen LogP contribution < -0.4 is 9.79 Å². The predicted octanol–water partition coefficient (Wildman–Crippen LogP) is -0.142. The maximum Gasteiger partial charge on any atom is 0.0947 e. The summed E-state index contributed by atoms with van der Waals surface area (Å²) in [5.74, 6) is 0. The zero-order valence-electron chi connectivity index (χ0n) is 7.28. The average Bonchev–Trinajstić information content (AvgIpc) is 2.60. The zero-order chi connectivity index (χ0) is 9.41. The van der Waals surface area contributed by atoms with Crippen molar-refractivity contribution >= 4 is 7.60 Å². The van der Waals surface area contributed by atoms with Crippen LogP contribution in [0.2, 0.25) is 0 Å². The highest BCUT2D eigenvalue weighted by molar-refractivity contribution is 7.48. The maximum atomic E-state index is 10.4. The fraction of sp³-hybridized carbons (Fsp3) is 1.00. The Labute approximate surface area is 72.1 Å². The van der Waals surface area contributed by atoms with E-state index in [1.807, 2.05) is 13.8 Å². The summed E-state index contributed by atoms with van der Waals surface area (Å²) in [5, 5.41) is 0. The van der Waals surface area contributed by atoms with Crippen molar-refractivity contribution < 1.29 is 19.1 Å². The van der Waals surface area contributed by atoms with Gasteiger partial charge in [0.05, 0.1) is 11.7 Å². The molecule has 0 N–H and O–H groups in total. The summed E-state index contributed by atoms with van der Waals surface area (Å²) in [4.78, 5) is 20.8. The van der Waals surface area contributed by atoms with E-state index in [4.69, 9.17) is 4.74 Å². The first-order valence-electron chi connectivity index (χ1n) is 4.12. The Morgan fingerprint density at radius 3 is 2.17 bits per heavy atom. The van der Waals surface area contributed by atoms with Crippen LogP contribution in [0.1, 0.15) is 26.7 Å². The molecule has 0 aliphatic carbocycles. The van der Waals surface area contributed by atoms with Crippen molar-refractivity contribution in [3.63, 3.8) is 0 Å². The lowest BCUT2D eigenvalue weighted by Crippen LogP contribution is -2.23. The van der Waals surface area contributed by atoms with Gasteiger partial charge in [0.1, 0.15) is 0 Å². The third-order valence-corrected chi connectivity index (χ3v) is 3.27. The fourth-order valence-corrected chi connectivity index (χ4v) is 2.34. The molecule has 1 aliphatic heterocycles. The van der Waals surface area contributed by atoms with Crippen molar-refractivity contribution in [2.45, 2.75) is 38.4 Å². The van der Waals surface area contributed by atoms with Crippen molar-refractivity contribution in [2.24, 2.45) is 0 Å². The minimum Gasteiger partial charge on any atom is -0.811 e. The Bertz CT molecular complexity index is 205. The first-order chi connectivity index (χ1) is 5.43. The van der Waals surface area contributed by atoms with Gasteiger partial charge in [-0.15, -0.1) is 0 Å². The Kier molecular flexibility index (Phi) is 2.64. The third-order valence-electron chi connectivity index (χ3n) is 2.49. The predicted molar refractivity (Wildman–Crippen MR) is 40.7 cm³/mol. The Morgan fingerprint density at radius 2 is 1.92 bits per heavy atom. The molecule has 1 fully saturated rings. The fourth-order valence-electron chi connectivity index (χ4n) is 1.53. The molecule has 0 aromatic rings. The Hall–Kier alpha value is 0.110. The van der Waals surface area contributed by atoms with Gasteiger partial charge in [-0.25, -0.2) is 0 Å². The van der Waals surface area contributed by atoms with Crippen LogP contribution in [-0.2, 0) is 9.30 Å². The lowest BCUT2D eigenvalue weighted by molar-refractivity contribution is -0.313. The van der Waals surface area contributed by atoms with Crippen LogP contribution in [0.5, 0.6) is 0 Å². The molecule has 0 bridgehead atoms. The van der Waals surface area contributed by atoms with Gasteiger partial charge in [0.2, 0.25) is 0 Å². The largest absolute Gasteiger partial charge is 0.811 e. The molecule has 72 valence electrons. The van der Waals surface area contributed by atoms with Gasteiger partial charge >= 0.3 is 0 Å². The molecular formula is C7H13O4P-2. The van der Waals surface area contributed by atoms with Gasteiger partial charge in [-0.1, -0.05) is 21.4 Å². The van der Waals surface area contributed by atoms with E-state index in [9.17, 15) is 14.4 Å². The zero-order valence-corrected chi connectivity index (χ0v) is 8.17. The molecule has 0 aromatic heterocycles. The van der Waals surface area contributed by atoms with Crippen molar-refractivity contribution in [2.75, 3.05) is 6.16 Å². The van der Waals surface area contributed by atoms with Crippen LogP contribution in [0.15, 0.2) is 0 Å². The maximum absolute atomic E-state index is 10.4. The number of ether oxygens (including phenoxy) is 1. The minimum atomic E-state index is -4.39. The van der Waals surface area contributed by atoms with Gasteiger partial charge in [0.15, 0.2) is 0 Å². The van der Waals surface area contributed by atoms with Gasteiger partial charge in [0.25, 0.3) is 0 Å². The highest BCUT2D eigenvalue weighted by atomic mass is 31.2. The lowest BCUT2D eigenvalue weighted by atomic mass is 10.0. The van der Waals surface area contributed by atoms with Crippen molar-refractivity contribution in [1.29, 1.82) is 0 Å². The van der Waals surface area contributed by atoms with Crippen LogP contribution in [0.3, 0.4) is 0 Å². The molecule has 1 unspecified atom stereocenters. The van der Waals surface area contributed by atoms with Crippen LogP contribution in [0.25, 0.3) is 0 Å². The molecule has 4 nitrogen and oxygen atoms in total. The summed E-state index contributed by atoms with van der Waals surface area (Å²) < 4.78 is 15.6. The van der Waals surface area contributed by atoms with Gasteiger partial charge < -0.3 is 19.1 Å². The molecule has 1 rings (SSSR count). The molecule has 12 heavy (non-hydrogen) atoms. The molecular weight excluding hydrogens is 179 g/mol. The Morgan fingerprint density at radius 1 is 1.42 bits per heavy atom. The molecule has 1 heterocycles. The Balaban J connectivity index is 2.46. The molecule has 0 radical (unpaired) electrons. The first-order valence-corrected chi connectivity index (χ1v) is 5.85. The number of rotatable bonds is 4. The molecule has 0 spiro atoms.